The van der Waals surface area contributed by atoms with Crippen molar-refractivity contribution in [1.29, 1.82) is 0 Å². The molecular weight excluding hydrogens is 853 g/mol. The van der Waals surface area contributed by atoms with Gasteiger partial charge in [-0.25, -0.2) is 4.79 Å². The van der Waals surface area contributed by atoms with Crippen LogP contribution in [0.5, 0.6) is 0 Å². The van der Waals surface area contributed by atoms with Crippen molar-refractivity contribution in [2.24, 2.45) is 0 Å². The zero-order chi connectivity index (χ0) is 49.0. The van der Waals surface area contributed by atoms with E-state index in [9.17, 15) is 34.5 Å². The number of carboxylic acid groups (broad SMARTS) is 1. The van der Waals surface area contributed by atoms with Crippen LogP contribution in [0.15, 0.2) is 97.2 Å². The topological polar surface area (TPSA) is 175 Å². The summed E-state index contributed by atoms with van der Waals surface area (Å²) in [5.74, 6) is -3.30. The predicted molar refractivity (Wildman–Crippen MR) is 266 cm³/mol. The number of rotatable bonds is 40. The normalized spacial score (nSPS) is 19.7. The Morgan fingerprint density at radius 3 is 1.52 bits per heavy atom. The van der Waals surface area contributed by atoms with Gasteiger partial charge in [-0.15, -0.1) is 0 Å². The summed E-state index contributed by atoms with van der Waals surface area (Å²) in [5.41, 5.74) is 0. The highest BCUT2D eigenvalue weighted by Gasteiger charge is 2.50. The summed E-state index contributed by atoms with van der Waals surface area (Å²) in [7, 11) is 0. The van der Waals surface area contributed by atoms with Crippen LogP contribution in [-0.4, -0.2) is 89.2 Å². The Morgan fingerprint density at radius 1 is 0.507 bits per heavy atom. The average Bonchev–Trinajstić information content (AvgIpc) is 3.31. The van der Waals surface area contributed by atoms with Gasteiger partial charge in [0.05, 0.1) is 6.61 Å². The van der Waals surface area contributed by atoms with Crippen LogP contribution >= 0.6 is 0 Å². The summed E-state index contributed by atoms with van der Waals surface area (Å²) in [4.78, 5) is 50.7. The van der Waals surface area contributed by atoms with Crippen LogP contribution in [0.1, 0.15) is 175 Å². The second-order valence-electron chi connectivity index (χ2n) is 16.7. The highest BCUT2D eigenvalue weighted by atomic mass is 16.7. The number of carboxylic acids is 1. The van der Waals surface area contributed by atoms with E-state index in [4.69, 9.17) is 23.7 Å². The van der Waals surface area contributed by atoms with Crippen LogP contribution in [0.2, 0.25) is 0 Å². The minimum atomic E-state index is -1.92. The monoisotopic (exact) mass is 939 g/mol. The van der Waals surface area contributed by atoms with Gasteiger partial charge in [-0.2, -0.15) is 0 Å². The molecule has 1 aliphatic heterocycles. The van der Waals surface area contributed by atoms with Crippen molar-refractivity contribution in [2.75, 3.05) is 13.2 Å². The van der Waals surface area contributed by atoms with Crippen LogP contribution in [0, 0.1) is 0 Å². The quantitative estimate of drug-likeness (QED) is 0.0230. The Hall–Kier alpha value is -4.36. The molecule has 0 aromatic heterocycles. The molecule has 0 saturated carbocycles. The van der Waals surface area contributed by atoms with Gasteiger partial charge < -0.3 is 39.0 Å². The first-order chi connectivity index (χ1) is 32.6. The molecule has 1 rings (SSSR count). The maximum Gasteiger partial charge on any atom is 0.335 e. The smallest absolute Gasteiger partial charge is 0.335 e. The number of aliphatic hydroxyl groups excluding tert-OH is 2. The van der Waals surface area contributed by atoms with Gasteiger partial charge in [0.25, 0.3) is 0 Å². The number of aliphatic carboxylic acids is 1. The first kappa shape index (κ1) is 60.7. The van der Waals surface area contributed by atoms with E-state index in [2.05, 4.69) is 106 Å². The Morgan fingerprint density at radius 2 is 0.970 bits per heavy atom. The zero-order valence-corrected chi connectivity index (χ0v) is 41.1. The van der Waals surface area contributed by atoms with Crippen molar-refractivity contribution < 1.29 is 58.2 Å². The van der Waals surface area contributed by atoms with E-state index >= 15 is 0 Å². The van der Waals surface area contributed by atoms with Crippen LogP contribution in [0.3, 0.4) is 0 Å². The lowest BCUT2D eigenvalue weighted by Crippen LogP contribution is -2.61. The van der Waals surface area contributed by atoms with Gasteiger partial charge >= 0.3 is 23.9 Å². The second kappa shape index (κ2) is 43.0. The van der Waals surface area contributed by atoms with Crippen LogP contribution < -0.4 is 0 Å². The maximum atomic E-state index is 13.0. The third-order valence-electron chi connectivity index (χ3n) is 10.6. The van der Waals surface area contributed by atoms with E-state index in [1.54, 1.807) is 0 Å². The summed E-state index contributed by atoms with van der Waals surface area (Å²) in [5, 5.41) is 31.3. The molecule has 67 heavy (non-hydrogen) atoms. The van der Waals surface area contributed by atoms with Crippen molar-refractivity contribution in [3.8, 4) is 0 Å². The zero-order valence-electron chi connectivity index (χ0n) is 41.1. The fraction of sp³-hybridized carbons (Fsp3) is 0.636. The minimum Gasteiger partial charge on any atom is -0.479 e. The molecule has 0 aliphatic carbocycles. The lowest BCUT2D eigenvalue weighted by atomic mass is 9.98. The molecule has 0 aromatic rings. The first-order valence-corrected chi connectivity index (χ1v) is 25.2. The van der Waals surface area contributed by atoms with Gasteiger partial charge in [0.15, 0.2) is 24.6 Å². The van der Waals surface area contributed by atoms with Crippen LogP contribution in [0.4, 0.5) is 0 Å². The third-order valence-corrected chi connectivity index (χ3v) is 10.6. The summed E-state index contributed by atoms with van der Waals surface area (Å²) in [6.07, 6.45) is 42.8. The fourth-order valence-electron chi connectivity index (χ4n) is 6.79. The number of aliphatic hydroxyl groups is 2. The van der Waals surface area contributed by atoms with E-state index < -0.39 is 67.3 Å². The highest BCUT2D eigenvalue weighted by Crippen LogP contribution is 2.26. The first-order valence-electron chi connectivity index (χ1n) is 25.2. The molecule has 378 valence electrons. The van der Waals surface area contributed by atoms with E-state index in [0.29, 0.717) is 19.3 Å². The molecule has 12 nitrogen and oxygen atoms in total. The molecule has 3 N–H and O–H groups in total. The summed E-state index contributed by atoms with van der Waals surface area (Å²) < 4.78 is 28.1. The van der Waals surface area contributed by atoms with Crippen LogP contribution in [0.25, 0.3) is 0 Å². The summed E-state index contributed by atoms with van der Waals surface area (Å²) in [6, 6.07) is 0. The van der Waals surface area contributed by atoms with Gasteiger partial charge in [-0.05, 0) is 96.3 Å². The van der Waals surface area contributed by atoms with E-state index in [1.165, 1.54) is 12.8 Å². The molecule has 6 atom stereocenters. The lowest BCUT2D eigenvalue weighted by molar-refractivity contribution is -0.301. The molecule has 1 saturated heterocycles. The molecule has 0 radical (unpaired) electrons. The Kier molecular flexibility index (Phi) is 38.9. The van der Waals surface area contributed by atoms with Crippen molar-refractivity contribution in [2.45, 2.75) is 212 Å². The molecule has 6 unspecified atom stereocenters. The SMILES string of the molecule is CC/C=C\C/C=C\C/C=C\C/C=C\CCC(=O)OCC(COC1OC(C(=O)O)C(O)C(O)C1OC(=O)CCCCCCC/C=C\CCCC)OC(=O)CCCCC/C=C\C/C=C\C/C=C\CC. The predicted octanol–water partition coefficient (Wildman–Crippen LogP) is 11.8. The van der Waals surface area contributed by atoms with E-state index in [1.807, 2.05) is 12.2 Å². The van der Waals surface area contributed by atoms with Gasteiger partial charge in [0, 0.05) is 19.3 Å². The second-order valence-corrected chi connectivity index (χ2v) is 16.7. The highest BCUT2D eigenvalue weighted by molar-refractivity contribution is 5.74. The van der Waals surface area contributed by atoms with E-state index in [0.717, 1.165) is 103 Å². The van der Waals surface area contributed by atoms with E-state index in [-0.39, 0.29) is 25.9 Å². The molecule has 0 aromatic carbocycles. The number of hydrogen-bond donors (Lipinski definition) is 3. The Bertz CT molecular complexity index is 1540. The number of hydrogen-bond acceptors (Lipinski definition) is 11. The molecule has 0 bridgehead atoms. The van der Waals surface area contributed by atoms with Gasteiger partial charge in [-0.1, -0.05) is 157 Å². The van der Waals surface area contributed by atoms with Gasteiger partial charge in [-0.3, -0.25) is 14.4 Å². The number of esters is 3. The molecular formula is C55H86O12. The summed E-state index contributed by atoms with van der Waals surface area (Å²) >= 11 is 0. The number of ether oxygens (including phenoxy) is 5. The van der Waals surface area contributed by atoms with Gasteiger partial charge in [0.2, 0.25) is 0 Å². The van der Waals surface area contributed by atoms with Crippen molar-refractivity contribution in [1.82, 2.24) is 0 Å². The fourth-order valence-corrected chi connectivity index (χ4v) is 6.79. The average molecular weight is 939 g/mol. The molecule has 1 heterocycles. The number of unbranched alkanes of at least 4 members (excludes halogenated alkanes) is 10. The van der Waals surface area contributed by atoms with Crippen molar-refractivity contribution in [3.63, 3.8) is 0 Å². The molecule has 1 fully saturated rings. The standard InChI is InChI=1S/C55H86O12/c1-4-7-10-13-16-19-22-24-27-29-32-35-38-41-47(56)63-44-46(65-48(57)42-39-36-33-31-28-25-23-20-17-14-11-8-5-2)45-64-55-53(51(60)50(59)52(67-55)54(61)62)66-49(58)43-40-37-34-30-26-21-18-15-12-9-6-3/h7-8,10-11,15-20,24-25,27-28,32,35,46,50-53,55,59-60H,4-6,9,12-14,21-23,26,29-31,33-34,36-45H2,1-3H3,(H,61,62)/b10-7-,11-8-,18-15-,19-16-,20-17-,27-24-,28-25-,35-32-. The largest absolute Gasteiger partial charge is 0.479 e. The molecule has 0 amide bonds. The third kappa shape index (κ3) is 33.7. The molecule has 0 spiro atoms. The number of carbonyl (C=O) groups excluding carboxylic acids is 3. The van der Waals surface area contributed by atoms with Gasteiger partial charge in [0.1, 0.15) is 18.8 Å². The number of allylic oxidation sites excluding steroid dienone is 16. The lowest BCUT2D eigenvalue weighted by Gasteiger charge is -2.40. The maximum absolute atomic E-state index is 13.0. The Balaban J connectivity index is 2.83. The minimum absolute atomic E-state index is 0.0350. The van der Waals surface area contributed by atoms with Crippen LogP contribution in [-0.2, 0) is 42.9 Å². The van der Waals surface area contributed by atoms with Crippen molar-refractivity contribution in [3.05, 3.63) is 97.2 Å². The van der Waals surface area contributed by atoms with Crippen molar-refractivity contribution >= 4 is 23.9 Å². The summed E-state index contributed by atoms with van der Waals surface area (Å²) in [6.45, 7) is 5.57. The Labute approximate surface area is 403 Å². The number of carbonyl (C=O) groups is 4. The molecule has 12 heteroatoms. The molecule has 1 aliphatic rings.